The predicted molar refractivity (Wildman–Crippen MR) is 104 cm³/mol. The van der Waals surface area contributed by atoms with Crippen molar-refractivity contribution in [2.75, 3.05) is 26.8 Å². The molecule has 2 aromatic rings. The van der Waals surface area contributed by atoms with Gasteiger partial charge in [0.2, 0.25) is 0 Å². The molecular formula is C21H31N3O2. The van der Waals surface area contributed by atoms with Crippen LogP contribution in [0.1, 0.15) is 43.0 Å². The van der Waals surface area contributed by atoms with E-state index >= 15 is 0 Å². The zero-order chi connectivity index (χ0) is 18.5. The number of hydrogen-bond acceptors (Lipinski definition) is 4. The van der Waals surface area contributed by atoms with Crippen LogP contribution in [0.15, 0.2) is 24.3 Å². The molecule has 5 heteroatoms. The number of hydrogen-bond donors (Lipinski definition) is 1. The lowest BCUT2D eigenvalue weighted by Gasteiger charge is -2.29. The van der Waals surface area contributed by atoms with E-state index < -0.39 is 0 Å². The predicted octanol–water partition coefficient (Wildman–Crippen LogP) is 2.88. The van der Waals surface area contributed by atoms with E-state index in [0.717, 1.165) is 44.8 Å². The van der Waals surface area contributed by atoms with Gasteiger partial charge in [0.25, 0.3) is 0 Å². The Morgan fingerprint density at radius 1 is 1.19 bits per heavy atom. The van der Waals surface area contributed by atoms with Crippen LogP contribution in [0.25, 0.3) is 0 Å². The van der Waals surface area contributed by atoms with Crippen LogP contribution in [0.3, 0.4) is 0 Å². The highest BCUT2D eigenvalue weighted by atomic mass is 16.5. The Hall–Kier alpha value is -1.85. The van der Waals surface area contributed by atoms with Gasteiger partial charge in [-0.05, 0) is 30.0 Å². The molecule has 0 saturated carbocycles. The number of aliphatic hydroxyl groups excluding tert-OH is 1. The lowest BCUT2D eigenvalue weighted by molar-refractivity contribution is 0.166. The van der Waals surface area contributed by atoms with Crippen LogP contribution < -0.4 is 4.74 Å². The van der Waals surface area contributed by atoms with Crippen LogP contribution in [0, 0.1) is 5.92 Å². The summed E-state index contributed by atoms with van der Waals surface area (Å²) in [6.45, 7) is 8.30. The molecule has 142 valence electrons. The maximum atomic E-state index is 9.29. The van der Waals surface area contributed by atoms with E-state index in [4.69, 9.17) is 9.72 Å². The third-order valence-electron chi connectivity index (χ3n) is 5.14. The van der Waals surface area contributed by atoms with Crippen LogP contribution in [0.5, 0.6) is 5.75 Å². The van der Waals surface area contributed by atoms with Crippen molar-refractivity contribution in [2.45, 2.75) is 46.2 Å². The molecule has 1 aliphatic rings. The molecule has 0 saturated heterocycles. The van der Waals surface area contributed by atoms with Crippen LogP contribution in [-0.2, 0) is 25.9 Å². The van der Waals surface area contributed by atoms with Gasteiger partial charge < -0.3 is 14.4 Å². The number of ether oxygens (including phenoxy) is 1. The molecular weight excluding hydrogens is 326 g/mol. The highest BCUT2D eigenvalue weighted by Crippen LogP contribution is 2.24. The van der Waals surface area contributed by atoms with Gasteiger partial charge in [0, 0.05) is 39.0 Å². The maximum absolute atomic E-state index is 9.29. The van der Waals surface area contributed by atoms with Gasteiger partial charge in [0.15, 0.2) is 0 Å². The average molecular weight is 357 g/mol. The lowest BCUT2D eigenvalue weighted by Crippen LogP contribution is -2.36. The van der Waals surface area contributed by atoms with E-state index in [9.17, 15) is 5.11 Å². The highest BCUT2D eigenvalue weighted by Gasteiger charge is 2.23. The third kappa shape index (κ3) is 4.46. The van der Waals surface area contributed by atoms with E-state index in [2.05, 4.69) is 35.4 Å². The van der Waals surface area contributed by atoms with E-state index in [0.29, 0.717) is 5.92 Å². The minimum Gasteiger partial charge on any atom is -0.497 e. The molecule has 0 bridgehead atoms. The number of aryl methyl sites for hydroxylation is 1. The van der Waals surface area contributed by atoms with Crippen LogP contribution in [0.2, 0.25) is 0 Å². The van der Waals surface area contributed by atoms with Gasteiger partial charge in [0.1, 0.15) is 11.6 Å². The van der Waals surface area contributed by atoms with Crippen molar-refractivity contribution in [1.82, 2.24) is 14.5 Å². The third-order valence-corrected chi connectivity index (χ3v) is 5.14. The number of β-amino-alcohol motifs (C(OH)–C–C–N with tert-alkyl or cyclic N) is 1. The summed E-state index contributed by atoms with van der Waals surface area (Å²) in [5, 5.41) is 9.29. The number of rotatable bonds is 8. The van der Waals surface area contributed by atoms with Crippen molar-refractivity contribution < 1.29 is 9.84 Å². The summed E-state index contributed by atoms with van der Waals surface area (Å²) >= 11 is 0. The maximum Gasteiger partial charge on any atom is 0.118 e. The molecule has 1 aromatic carbocycles. The van der Waals surface area contributed by atoms with Gasteiger partial charge in [-0.2, -0.15) is 0 Å². The van der Waals surface area contributed by atoms with Crippen molar-refractivity contribution in [3.05, 3.63) is 47.0 Å². The Kier molecular flexibility index (Phi) is 6.33. The number of aromatic nitrogens is 2. The zero-order valence-corrected chi connectivity index (χ0v) is 16.2. The molecule has 1 N–H and O–H groups in total. The lowest BCUT2D eigenvalue weighted by atomic mass is 10.1. The molecule has 0 radical (unpaired) electrons. The fourth-order valence-corrected chi connectivity index (χ4v) is 3.58. The molecule has 3 rings (SSSR count). The fourth-order valence-electron chi connectivity index (χ4n) is 3.58. The van der Waals surface area contributed by atoms with E-state index in [1.54, 1.807) is 7.11 Å². The number of nitrogens with zero attached hydrogens (tertiary/aromatic N) is 3. The first-order chi connectivity index (χ1) is 12.6. The summed E-state index contributed by atoms with van der Waals surface area (Å²) in [5.41, 5.74) is 3.75. The fraction of sp³-hybridized carbons (Fsp3) is 0.571. The number of benzene rings is 1. The largest absolute Gasteiger partial charge is 0.497 e. The van der Waals surface area contributed by atoms with E-state index in [1.165, 1.54) is 29.2 Å². The summed E-state index contributed by atoms with van der Waals surface area (Å²) in [4.78, 5) is 7.36. The average Bonchev–Trinajstić information content (AvgIpc) is 2.98. The van der Waals surface area contributed by atoms with Gasteiger partial charge in [-0.25, -0.2) is 4.98 Å². The van der Waals surface area contributed by atoms with E-state index in [-0.39, 0.29) is 6.61 Å². The molecule has 2 heterocycles. The first-order valence-corrected chi connectivity index (χ1v) is 9.64. The quantitative estimate of drug-likeness (QED) is 0.789. The van der Waals surface area contributed by atoms with Gasteiger partial charge in [-0.3, -0.25) is 4.90 Å². The topological polar surface area (TPSA) is 50.5 Å². The molecule has 1 aliphatic heterocycles. The first-order valence-electron chi connectivity index (χ1n) is 9.64. The van der Waals surface area contributed by atoms with Crippen molar-refractivity contribution >= 4 is 0 Å². The second kappa shape index (κ2) is 8.69. The van der Waals surface area contributed by atoms with Crippen LogP contribution >= 0.6 is 0 Å². The summed E-state index contributed by atoms with van der Waals surface area (Å²) in [7, 11) is 1.69. The standard InChI is InChI=1S/C21H31N3O2/c1-16(2)4-9-21-22-19(14-17-5-7-18(26-3)8-6-17)20-15-23(12-13-25)10-11-24(20)21/h5-8,16,25H,4,9-15H2,1-3H3. The van der Waals surface area contributed by atoms with Gasteiger partial charge in [-0.1, -0.05) is 26.0 Å². The smallest absolute Gasteiger partial charge is 0.118 e. The van der Waals surface area contributed by atoms with Gasteiger partial charge in [0.05, 0.1) is 25.1 Å². The summed E-state index contributed by atoms with van der Waals surface area (Å²) in [5.74, 6) is 2.79. The minimum atomic E-state index is 0.210. The van der Waals surface area contributed by atoms with Crippen molar-refractivity contribution in [3.8, 4) is 5.75 Å². The van der Waals surface area contributed by atoms with Gasteiger partial charge in [-0.15, -0.1) is 0 Å². The van der Waals surface area contributed by atoms with Gasteiger partial charge >= 0.3 is 0 Å². The van der Waals surface area contributed by atoms with Crippen molar-refractivity contribution in [3.63, 3.8) is 0 Å². The molecule has 0 spiro atoms. The normalized spacial score (nSPS) is 14.7. The Balaban J connectivity index is 1.84. The number of aliphatic hydroxyl groups is 1. The molecule has 0 atom stereocenters. The molecule has 0 unspecified atom stereocenters. The number of methoxy groups -OCH3 is 1. The van der Waals surface area contributed by atoms with E-state index in [1.807, 2.05) is 12.1 Å². The van der Waals surface area contributed by atoms with Crippen LogP contribution in [-0.4, -0.2) is 46.4 Å². The molecule has 0 fully saturated rings. The summed E-state index contributed by atoms with van der Waals surface area (Å²) in [6, 6.07) is 8.25. The molecule has 5 nitrogen and oxygen atoms in total. The number of imidazole rings is 1. The molecule has 26 heavy (non-hydrogen) atoms. The number of fused-ring (bicyclic) bond motifs is 1. The van der Waals surface area contributed by atoms with Crippen molar-refractivity contribution in [2.24, 2.45) is 5.92 Å². The summed E-state index contributed by atoms with van der Waals surface area (Å²) < 4.78 is 7.68. The Morgan fingerprint density at radius 2 is 1.96 bits per heavy atom. The molecule has 0 aliphatic carbocycles. The minimum absolute atomic E-state index is 0.210. The second-order valence-corrected chi connectivity index (χ2v) is 7.53. The Morgan fingerprint density at radius 3 is 2.62 bits per heavy atom. The van der Waals surface area contributed by atoms with Crippen molar-refractivity contribution in [1.29, 1.82) is 0 Å². The van der Waals surface area contributed by atoms with Crippen LogP contribution in [0.4, 0.5) is 0 Å². The Bertz CT molecular complexity index is 707. The zero-order valence-electron chi connectivity index (χ0n) is 16.2. The molecule has 1 aromatic heterocycles. The monoisotopic (exact) mass is 357 g/mol. The summed E-state index contributed by atoms with van der Waals surface area (Å²) in [6.07, 6.45) is 3.04. The second-order valence-electron chi connectivity index (χ2n) is 7.53. The Labute approximate surface area is 156 Å². The first kappa shape index (κ1) is 18.9. The highest BCUT2D eigenvalue weighted by molar-refractivity contribution is 5.32. The molecule has 0 amide bonds. The SMILES string of the molecule is COc1ccc(Cc2nc(CCC(C)C)n3c2CN(CCO)CC3)cc1.